The second-order valence-electron chi connectivity index (χ2n) is 1.22. The molecule has 0 saturated carbocycles. The van der Waals surface area contributed by atoms with Crippen LogP contribution in [0, 0.1) is 0 Å². The molecule has 0 saturated heterocycles. The monoisotopic (exact) mass is 360 g/mol. The van der Waals surface area contributed by atoms with Crippen molar-refractivity contribution in [3.05, 3.63) is 0 Å². The Morgan fingerprint density at radius 3 is 0.611 bits per heavy atom. The summed E-state index contributed by atoms with van der Waals surface area (Å²) >= 11 is 0.750. The molecule has 14 heteroatoms. The molecule has 0 heterocycles. The van der Waals surface area contributed by atoms with Gasteiger partial charge in [0.1, 0.15) is 0 Å². The molecule has 0 bridgehead atoms. The first-order valence-electron chi connectivity index (χ1n) is 2.42. The van der Waals surface area contributed by atoms with Crippen LogP contribution in [0.4, 0.5) is 0 Å². The molecule has 0 aromatic rings. The number of carboxylic acid groups (broad SMARTS) is 4. The van der Waals surface area contributed by atoms with Crippen LogP contribution < -0.4 is 0 Å². The maximum atomic E-state index is 9.10. The maximum absolute atomic E-state index is 9.10. The molecule has 0 atom stereocenters. The van der Waals surface area contributed by atoms with Crippen molar-refractivity contribution in [1.29, 1.82) is 0 Å². The van der Waals surface area contributed by atoms with Crippen LogP contribution in [0.1, 0.15) is 0 Å². The van der Waals surface area contributed by atoms with Gasteiger partial charge in [0, 0.05) is 0 Å². The normalized spacial score (nSPS) is 5.06. The van der Waals surface area contributed by atoms with E-state index in [0.717, 1.165) is 20.4 Å². The summed E-state index contributed by atoms with van der Waals surface area (Å²) in [5.41, 5.74) is 0. The molecule has 18 heavy (non-hydrogen) atoms. The molecule has 0 aliphatic heterocycles. The zero-order valence-electron chi connectivity index (χ0n) is 7.33. The molecular weight excluding hydrogens is 350 g/mol. The fraction of sp³-hybridized carbons (Fsp3) is 0. The number of carboxylic acids is 4. The predicted octanol–water partition coefficient (Wildman–Crippen LogP) is -4.76. The zero-order chi connectivity index (χ0) is 12.3. The second-order valence-corrected chi connectivity index (χ2v) is 1.22. The van der Waals surface area contributed by atoms with Crippen LogP contribution in [0.3, 0.4) is 0 Å². The fourth-order valence-electron chi connectivity index (χ4n) is 0. The van der Waals surface area contributed by atoms with Crippen LogP contribution in [0.5, 0.6) is 0 Å². The van der Waals surface area contributed by atoms with E-state index < -0.39 is 23.9 Å². The van der Waals surface area contributed by atoms with E-state index >= 15 is 0 Å². The Labute approximate surface area is 196 Å². The van der Waals surface area contributed by atoms with Crippen molar-refractivity contribution >= 4 is 127 Å². The van der Waals surface area contributed by atoms with Crippen molar-refractivity contribution < 1.29 is 74.3 Å². The summed E-state index contributed by atoms with van der Waals surface area (Å²) in [6.07, 6.45) is 0. The molecule has 0 rings (SSSR count). The van der Waals surface area contributed by atoms with Gasteiger partial charge in [0.15, 0.2) is 0 Å². The van der Waals surface area contributed by atoms with Gasteiger partial charge >= 0.3 is 150 Å². The second kappa shape index (κ2) is 31.1. The summed E-state index contributed by atoms with van der Waals surface area (Å²) in [6.45, 7) is 0. The van der Waals surface area contributed by atoms with Crippen LogP contribution in [-0.4, -0.2) is 158 Å². The van der Waals surface area contributed by atoms with E-state index in [4.69, 9.17) is 42.9 Å². The third-order valence-corrected chi connectivity index (χ3v) is 0.366. The van der Waals surface area contributed by atoms with Crippen LogP contribution >= 0.6 is 0 Å². The van der Waals surface area contributed by atoms with Gasteiger partial charge in [-0.1, -0.05) is 0 Å². The average molecular weight is 360 g/mol. The molecule has 0 unspecified atom stereocenters. The van der Waals surface area contributed by atoms with Crippen LogP contribution in [-0.2, 0) is 42.9 Å². The van der Waals surface area contributed by atoms with Crippen molar-refractivity contribution in [3.63, 3.8) is 0 Å². The van der Waals surface area contributed by atoms with Gasteiger partial charge < -0.3 is 31.4 Å². The molecule has 0 fully saturated rings. The van der Waals surface area contributed by atoms with Gasteiger partial charge in [0.05, 0.1) is 0 Å². The van der Waals surface area contributed by atoms with E-state index in [1.54, 1.807) is 0 Å². The van der Waals surface area contributed by atoms with Gasteiger partial charge in [-0.2, -0.15) is 0 Å². The molecule has 0 amide bonds. The number of hydrogen-bond acceptors (Lipinski definition) is 5. The number of carbonyl (C=O) groups is 4. The Hall–Kier alpha value is 1.59. The third-order valence-electron chi connectivity index (χ3n) is 0.366. The van der Waals surface area contributed by atoms with Gasteiger partial charge in [-0.15, -0.1) is 0 Å². The molecule has 98 valence electrons. The van der Waals surface area contributed by atoms with Crippen LogP contribution in [0.2, 0.25) is 0 Å². The number of aliphatic carboxylic acids is 4. The van der Waals surface area contributed by atoms with Crippen molar-refractivity contribution in [2.24, 2.45) is 0 Å². The summed E-state index contributed by atoms with van der Waals surface area (Å²) in [5.74, 6) is -7.30. The standard InChI is InChI=1S/2C2H2O4.2K.2H2O.O.Ti.2H/c2*3-1(4)2(5)6;;;;;;;;/h2*(H,3,4)(H,5,6);;;2*1H2;;;;. The Balaban J connectivity index is -0.0000000197. The summed E-state index contributed by atoms with van der Waals surface area (Å²) in [7, 11) is 0. The Morgan fingerprint density at radius 1 is 0.556 bits per heavy atom. The van der Waals surface area contributed by atoms with E-state index in [1.807, 2.05) is 0 Å². The Morgan fingerprint density at radius 2 is 0.611 bits per heavy atom. The van der Waals surface area contributed by atoms with Gasteiger partial charge in [-0.05, 0) is 0 Å². The summed E-state index contributed by atoms with van der Waals surface area (Å²) in [4.78, 5) is 36.4. The number of rotatable bonds is 0. The molecular formula is C4H10K2O11Ti. The van der Waals surface area contributed by atoms with Crippen molar-refractivity contribution in [1.82, 2.24) is 0 Å². The molecule has 0 aromatic heterocycles. The summed E-state index contributed by atoms with van der Waals surface area (Å²) in [6, 6.07) is 0. The SMILES string of the molecule is O.O.O=C(O)C(=O)O.O=C(O)C(=O)O.[KH].[KH].[O]=[Ti]. The van der Waals surface area contributed by atoms with Crippen LogP contribution in [0.15, 0.2) is 0 Å². The van der Waals surface area contributed by atoms with Crippen molar-refractivity contribution in [3.8, 4) is 0 Å². The molecule has 0 aliphatic carbocycles. The van der Waals surface area contributed by atoms with E-state index in [1.165, 1.54) is 0 Å². The minimum absolute atomic E-state index is 0. The quantitative estimate of drug-likeness (QED) is 0.239. The first-order valence-corrected chi connectivity index (χ1v) is 3.05. The van der Waals surface area contributed by atoms with Gasteiger partial charge in [-0.3, -0.25) is 0 Å². The fourth-order valence-corrected chi connectivity index (χ4v) is 0. The van der Waals surface area contributed by atoms with E-state index in [2.05, 4.69) is 0 Å². The minimum atomic E-state index is -1.82. The first-order chi connectivity index (χ1) is 6.29. The Bertz CT molecular complexity index is 195. The van der Waals surface area contributed by atoms with Gasteiger partial charge in [0.25, 0.3) is 0 Å². The first kappa shape index (κ1) is 42.7. The van der Waals surface area contributed by atoms with E-state index in [9.17, 15) is 0 Å². The van der Waals surface area contributed by atoms with E-state index in [-0.39, 0.29) is 114 Å². The Kier molecular flexibility index (Phi) is 73.9. The van der Waals surface area contributed by atoms with E-state index in [0.29, 0.717) is 0 Å². The van der Waals surface area contributed by atoms with Gasteiger partial charge in [-0.25, -0.2) is 19.2 Å². The molecule has 0 radical (unpaired) electrons. The molecule has 11 nitrogen and oxygen atoms in total. The summed E-state index contributed by atoms with van der Waals surface area (Å²) < 4.78 is 8.25. The van der Waals surface area contributed by atoms with Crippen molar-refractivity contribution in [2.75, 3.05) is 0 Å². The topological polar surface area (TPSA) is 229 Å². The molecule has 0 aromatic carbocycles. The van der Waals surface area contributed by atoms with Crippen molar-refractivity contribution in [2.45, 2.75) is 0 Å². The predicted molar refractivity (Wildman–Crippen MR) is 52.8 cm³/mol. The average Bonchev–Trinajstić information content (AvgIpc) is 2.08. The molecule has 0 spiro atoms. The summed E-state index contributed by atoms with van der Waals surface area (Å²) in [5, 5.41) is 29.6. The molecule has 0 aliphatic rings. The molecule has 8 N–H and O–H groups in total. The van der Waals surface area contributed by atoms with Gasteiger partial charge in [0.2, 0.25) is 0 Å². The zero-order valence-corrected chi connectivity index (χ0v) is 8.89. The number of hydrogen-bond donors (Lipinski definition) is 4. The third kappa shape index (κ3) is 52.6. The van der Waals surface area contributed by atoms with Crippen LogP contribution in [0.25, 0.3) is 0 Å².